The van der Waals surface area contributed by atoms with Gasteiger partial charge in [0.15, 0.2) is 0 Å². The number of nitrogens with zero attached hydrogens (tertiary/aromatic N) is 1. The van der Waals surface area contributed by atoms with Crippen LogP contribution in [0, 0.1) is 17.8 Å². The van der Waals surface area contributed by atoms with Crippen molar-refractivity contribution in [3.63, 3.8) is 0 Å². The molecule has 3 heteroatoms. The number of carbonyl (C=O) groups excluding carboxylic acids is 1. The highest BCUT2D eigenvalue weighted by molar-refractivity contribution is 5.94. The van der Waals surface area contributed by atoms with E-state index in [0.717, 1.165) is 5.56 Å². The molecule has 1 N–H and O–H groups in total. The fourth-order valence-corrected chi connectivity index (χ4v) is 1.79. The van der Waals surface area contributed by atoms with Crippen molar-refractivity contribution in [2.24, 2.45) is 5.92 Å². The predicted molar refractivity (Wildman–Crippen MR) is 81.4 cm³/mol. The van der Waals surface area contributed by atoms with E-state index in [1.807, 2.05) is 32.2 Å². The van der Waals surface area contributed by atoms with Gasteiger partial charge in [0, 0.05) is 30.6 Å². The molecule has 0 aromatic heterocycles. The van der Waals surface area contributed by atoms with Crippen LogP contribution in [0.3, 0.4) is 0 Å². The van der Waals surface area contributed by atoms with Crippen LogP contribution >= 0.6 is 0 Å². The summed E-state index contributed by atoms with van der Waals surface area (Å²) in [5.41, 5.74) is 1.45. The standard InChI is InChI=1S/C17H23NO2/c1-13(2)14(3)18(4)17(20)16-10-7-9-15(12-16)8-5-6-11-19/h7,9-10,12-14,19H,6,11H2,1-4H3. The summed E-state index contributed by atoms with van der Waals surface area (Å²) in [6.07, 6.45) is 0.447. The lowest BCUT2D eigenvalue weighted by Crippen LogP contribution is -2.38. The molecule has 108 valence electrons. The fraction of sp³-hybridized carbons (Fsp3) is 0.471. The third-order valence-corrected chi connectivity index (χ3v) is 3.48. The van der Waals surface area contributed by atoms with Gasteiger partial charge in [0.1, 0.15) is 0 Å². The molecule has 1 aromatic carbocycles. The normalized spacial score (nSPS) is 11.7. The smallest absolute Gasteiger partial charge is 0.253 e. The number of rotatable bonds is 4. The zero-order valence-electron chi connectivity index (χ0n) is 12.7. The van der Waals surface area contributed by atoms with Crippen molar-refractivity contribution in [1.82, 2.24) is 4.90 Å². The molecule has 1 atom stereocenters. The molecule has 0 bridgehead atoms. The highest BCUT2D eigenvalue weighted by Crippen LogP contribution is 2.13. The molecule has 0 spiro atoms. The first kappa shape index (κ1) is 16.3. The molecule has 1 rings (SSSR count). The summed E-state index contributed by atoms with van der Waals surface area (Å²) in [7, 11) is 1.83. The van der Waals surface area contributed by atoms with Crippen molar-refractivity contribution in [2.45, 2.75) is 33.2 Å². The van der Waals surface area contributed by atoms with Gasteiger partial charge in [0.25, 0.3) is 5.91 Å². The summed E-state index contributed by atoms with van der Waals surface area (Å²) < 4.78 is 0. The van der Waals surface area contributed by atoms with Crippen LogP contribution in [0.5, 0.6) is 0 Å². The summed E-state index contributed by atoms with van der Waals surface area (Å²) in [6.45, 7) is 6.31. The third kappa shape index (κ3) is 4.40. The maximum Gasteiger partial charge on any atom is 0.253 e. The summed E-state index contributed by atoms with van der Waals surface area (Å²) in [5, 5.41) is 8.71. The molecule has 0 heterocycles. The Morgan fingerprint density at radius 3 is 2.65 bits per heavy atom. The first-order valence-corrected chi connectivity index (χ1v) is 6.94. The number of hydrogen-bond donors (Lipinski definition) is 1. The largest absolute Gasteiger partial charge is 0.395 e. The minimum Gasteiger partial charge on any atom is -0.395 e. The molecule has 0 aliphatic heterocycles. The average molecular weight is 273 g/mol. The van der Waals surface area contributed by atoms with Gasteiger partial charge in [-0.05, 0) is 31.0 Å². The number of aliphatic hydroxyl groups is 1. The topological polar surface area (TPSA) is 40.5 Å². The van der Waals surface area contributed by atoms with E-state index in [4.69, 9.17) is 5.11 Å². The summed E-state index contributed by atoms with van der Waals surface area (Å²) in [5.74, 6) is 6.24. The zero-order chi connectivity index (χ0) is 15.1. The molecule has 20 heavy (non-hydrogen) atoms. The average Bonchev–Trinajstić information content (AvgIpc) is 2.45. The van der Waals surface area contributed by atoms with Gasteiger partial charge in [-0.3, -0.25) is 4.79 Å². The lowest BCUT2D eigenvalue weighted by molar-refractivity contribution is 0.0707. The van der Waals surface area contributed by atoms with Crippen LogP contribution < -0.4 is 0 Å². The van der Waals surface area contributed by atoms with Crippen molar-refractivity contribution in [1.29, 1.82) is 0 Å². The third-order valence-electron chi connectivity index (χ3n) is 3.48. The van der Waals surface area contributed by atoms with E-state index < -0.39 is 0 Å². The summed E-state index contributed by atoms with van der Waals surface area (Å²) in [6, 6.07) is 7.50. The second-order valence-corrected chi connectivity index (χ2v) is 5.26. The molecule has 0 radical (unpaired) electrons. The molecular weight excluding hydrogens is 250 g/mol. The Kier molecular flexibility index (Phi) is 6.27. The van der Waals surface area contributed by atoms with Crippen molar-refractivity contribution in [2.75, 3.05) is 13.7 Å². The maximum atomic E-state index is 12.4. The SMILES string of the molecule is CC(C)C(C)N(C)C(=O)c1cccc(C#CCCO)c1. The van der Waals surface area contributed by atoms with E-state index in [-0.39, 0.29) is 18.6 Å². The molecule has 0 saturated carbocycles. The van der Waals surface area contributed by atoms with Crippen molar-refractivity contribution in [3.05, 3.63) is 35.4 Å². The van der Waals surface area contributed by atoms with Gasteiger partial charge in [-0.25, -0.2) is 0 Å². The molecule has 3 nitrogen and oxygen atoms in total. The summed E-state index contributed by atoms with van der Waals surface area (Å²) in [4.78, 5) is 14.2. The van der Waals surface area contributed by atoms with E-state index in [2.05, 4.69) is 25.7 Å². The first-order chi connectivity index (χ1) is 9.47. The van der Waals surface area contributed by atoms with Crippen molar-refractivity contribution < 1.29 is 9.90 Å². The lowest BCUT2D eigenvalue weighted by atomic mass is 10.0. The van der Waals surface area contributed by atoms with Crippen LogP contribution in [0.1, 0.15) is 43.1 Å². The maximum absolute atomic E-state index is 12.4. The molecule has 1 unspecified atom stereocenters. The summed E-state index contributed by atoms with van der Waals surface area (Å²) >= 11 is 0. The van der Waals surface area contributed by atoms with Crippen LogP contribution in [-0.4, -0.2) is 35.6 Å². The molecule has 1 aromatic rings. The van der Waals surface area contributed by atoms with Gasteiger partial charge in [0.2, 0.25) is 0 Å². The van der Waals surface area contributed by atoms with E-state index >= 15 is 0 Å². The van der Waals surface area contributed by atoms with E-state index in [9.17, 15) is 4.79 Å². The number of amides is 1. The molecule has 1 amide bonds. The van der Waals surface area contributed by atoms with Gasteiger partial charge in [-0.15, -0.1) is 0 Å². The Bertz CT molecular complexity index is 511. The molecule has 0 aliphatic rings. The number of benzene rings is 1. The van der Waals surface area contributed by atoms with E-state index in [1.165, 1.54) is 0 Å². The van der Waals surface area contributed by atoms with Crippen LogP contribution in [0.15, 0.2) is 24.3 Å². The molecule has 0 fully saturated rings. The van der Waals surface area contributed by atoms with Gasteiger partial charge >= 0.3 is 0 Å². The Balaban J connectivity index is 2.89. The van der Waals surface area contributed by atoms with Gasteiger partial charge in [-0.1, -0.05) is 31.8 Å². The van der Waals surface area contributed by atoms with Crippen LogP contribution in [0.4, 0.5) is 0 Å². The van der Waals surface area contributed by atoms with Gasteiger partial charge in [-0.2, -0.15) is 0 Å². The number of hydrogen-bond acceptors (Lipinski definition) is 2. The molecule has 0 aliphatic carbocycles. The lowest BCUT2D eigenvalue weighted by Gasteiger charge is -2.28. The molecule has 0 saturated heterocycles. The molecular formula is C17H23NO2. The van der Waals surface area contributed by atoms with Crippen LogP contribution in [-0.2, 0) is 0 Å². The highest BCUT2D eigenvalue weighted by Gasteiger charge is 2.19. The van der Waals surface area contributed by atoms with E-state index in [1.54, 1.807) is 11.0 Å². The minimum atomic E-state index is 0.0111. The number of aliphatic hydroxyl groups excluding tert-OH is 1. The number of carbonyl (C=O) groups is 1. The highest BCUT2D eigenvalue weighted by atomic mass is 16.2. The fourth-order valence-electron chi connectivity index (χ4n) is 1.79. The van der Waals surface area contributed by atoms with Crippen molar-refractivity contribution >= 4 is 5.91 Å². The quantitative estimate of drug-likeness (QED) is 0.856. The Morgan fingerprint density at radius 2 is 2.05 bits per heavy atom. The van der Waals surface area contributed by atoms with Crippen molar-refractivity contribution in [3.8, 4) is 11.8 Å². The zero-order valence-corrected chi connectivity index (χ0v) is 12.7. The Labute approximate surface area is 121 Å². The Morgan fingerprint density at radius 1 is 1.35 bits per heavy atom. The van der Waals surface area contributed by atoms with Crippen LogP contribution in [0.2, 0.25) is 0 Å². The monoisotopic (exact) mass is 273 g/mol. The van der Waals surface area contributed by atoms with E-state index in [0.29, 0.717) is 17.9 Å². The second-order valence-electron chi connectivity index (χ2n) is 5.26. The Hall–Kier alpha value is -1.79. The first-order valence-electron chi connectivity index (χ1n) is 6.94. The van der Waals surface area contributed by atoms with Gasteiger partial charge < -0.3 is 10.0 Å². The second kappa shape index (κ2) is 7.72. The van der Waals surface area contributed by atoms with Gasteiger partial charge in [0.05, 0.1) is 6.61 Å². The predicted octanol–water partition coefficient (Wildman–Crippen LogP) is 2.54. The minimum absolute atomic E-state index is 0.0111. The van der Waals surface area contributed by atoms with Crippen LogP contribution in [0.25, 0.3) is 0 Å².